The van der Waals surface area contributed by atoms with E-state index in [9.17, 15) is 10.1 Å². The van der Waals surface area contributed by atoms with Gasteiger partial charge in [0.15, 0.2) is 0 Å². The number of carbonyl (C=O) groups excluding carboxylic acids is 1. The molecule has 6 nitrogen and oxygen atoms in total. The van der Waals surface area contributed by atoms with Crippen molar-refractivity contribution in [1.29, 1.82) is 5.26 Å². The molecule has 2 aliphatic heterocycles. The number of hydrogen-bond donors (Lipinski definition) is 1. The Kier molecular flexibility index (Phi) is 4.93. The largest absolute Gasteiger partial charge is 0.492 e. The molecule has 4 rings (SSSR count). The van der Waals surface area contributed by atoms with Gasteiger partial charge < -0.3 is 15.0 Å². The molecule has 1 aromatic heterocycles. The molecule has 1 unspecified atom stereocenters. The number of aromatic nitrogens is 1. The summed E-state index contributed by atoms with van der Waals surface area (Å²) in [4.78, 5) is 19.1. The molecule has 1 aromatic carbocycles. The van der Waals surface area contributed by atoms with Gasteiger partial charge in [-0.25, -0.2) is 4.98 Å². The van der Waals surface area contributed by atoms with Crippen LogP contribution in [0.2, 0.25) is 0 Å². The second-order valence-corrected chi connectivity index (χ2v) is 7.08. The van der Waals surface area contributed by atoms with Gasteiger partial charge in [0.05, 0.1) is 11.5 Å². The quantitative estimate of drug-likeness (QED) is 0.906. The first kappa shape index (κ1) is 17.3. The molecule has 1 atom stereocenters. The van der Waals surface area contributed by atoms with Crippen LogP contribution in [0.3, 0.4) is 0 Å². The first-order valence-electron chi connectivity index (χ1n) is 9.35. The highest BCUT2D eigenvalue weighted by atomic mass is 16.5. The van der Waals surface area contributed by atoms with Gasteiger partial charge in [0.25, 0.3) is 0 Å². The van der Waals surface area contributed by atoms with E-state index in [0.29, 0.717) is 12.2 Å². The molecule has 1 fully saturated rings. The third-order valence-electron chi connectivity index (χ3n) is 5.30. The van der Waals surface area contributed by atoms with Crippen molar-refractivity contribution in [2.75, 3.05) is 24.6 Å². The van der Waals surface area contributed by atoms with Crippen LogP contribution in [0.5, 0.6) is 5.75 Å². The normalized spacial score (nSPS) is 19.5. The summed E-state index contributed by atoms with van der Waals surface area (Å²) in [5.41, 5.74) is 1.69. The lowest BCUT2D eigenvalue weighted by Gasteiger charge is -2.34. The number of benzene rings is 1. The van der Waals surface area contributed by atoms with Gasteiger partial charge in [-0.3, -0.25) is 4.79 Å². The number of rotatable bonds is 3. The van der Waals surface area contributed by atoms with E-state index in [1.54, 1.807) is 18.3 Å². The molecule has 1 saturated heterocycles. The number of para-hydroxylation sites is 1. The maximum atomic E-state index is 12.7. The van der Waals surface area contributed by atoms with Crippen LogP contribution in [0.1, 0.15) is 24.0 Å². The van der Waals surface area contributed by atoms with E-state index in [-0.39, 0.29) is 17.9 Å². The van der Waals surface area contributed by atoms with Crippen LogP contribution in [-0.4, -0.2) is 36.6 Å². The van der Waals surface area contributed by atoms with Gasteiger partial charge in [-0.1, -0.05) is 18.2 Å². The number of nitrogens with one attached hydrogen (secondary N) is 1. The first-order chi connectivity index (χ1) is 13.2. The molecular weight excluding hydrogens is 340 g/mol. The average Bonchev–Trinajstić information content (AvgIpc) is 2.74. The number of hydrogen-bond acceptors (Lipinski definition) is 5. The summed E-state index contributed by atoms with van der Waals surface area (Å²) in [6.07, 6.45) is 4.12. The molecule has 27 heavy (non-hydrogen) atoms. The molecule has 1 N–H and O–H groups in total. The van der Waals surface area contributed by atoms with Crippen molar-refractivity contribution < 1.29 is 9.53 Å². The SMILES string of the molecule is N#Cc1cccnc1N1CCC(NC(=O)C2COc3ccccc3C2)CC1. The predicted molar refractivity (Wildman–Crippen MR) is 101 cm³/mol. The maximum absolute atomic E-state index is 12.7. The number of amides is 1. The number of ether oxygens (including phenoxy) is 1. The molecule has 138 valence electrons. The summed E-state index contributed by atoms with van der Waals surface area (Å²) in [5, 5.41) is 12.4. The third kappa shape index (κ3) is 3.72. The van der Waals surface area contributed by atoms with E-state index < -0.39 is 0 Å². The van der Waals surface area contributed by atoms with Crippen molar-refractivity contribution in [2.45, 2.75) is 25.3 Å². The Bertz CT molecular complexity index is 868. The van der Waals surface area contributed by atoms with E-state index >= 15 is 0 Å². The standard InChI is InChI=1S/C21H22N4O2/c22-13-16-5-3-9-23-20(16)25-10-7-18(8-11-25)24-21(26)17-12-15-4-1-2-6-19(15)27-14-17/h1-6,9,17-18H,7-8,10-12,14H2,(H,24,26). The zero-order valence-corrected chi connectivity index (χ0v) is 15.1. The fraction of sp³-hybridized carbons (Fsp3) is 0.381. The van der Waals surface area contributed by atoms with Crippen LogP contribution in [0, 0.1) is 17.2 Å². The number of carbonyl (C=O) groups is 1. The van der Waals surface area contributed by atoms with Crippen LogP contribution in [0.25, 0.3) is 0 Å². The number of nitrogens with zero attached hydrogens (tertiary/aromatic N) is 3. The lowest BCUT2D eigenvalue weighted by atomic mass is 9.95. The van der Waals surface area contributed by atoms with Gasteiger partial charge in [0, 0.05) is 25.3 Å². The molecule has 0 spiro atoms. The van der Waals surface area contributed by atoms with Crippen molar-refractivity contribution in [3.63, 3.8) is 0 Å². The number of pyridine rings is 1. The molecule has 0 saturated carbocycles. The molecule has 2 aromatic rings. The van der Waals surface area contributed by atoms with Crippen molar-refractivity contribution >= 4 is 11.7 Å². The highest BCUT2D eigenvalue weighted by molar-refractivity contribution is 5.80. The summed E-state index contributed by atoms with van der Waals surface area (Å²) < 4.78 is 5.74. The van der Waals surface area contributed by atoms with E-state index in [1.165, 1.54) is 0 Å². The van der Waals surface area contributed by atoms with E-state index in [1.807, 2.05) is 24.3 Å². The molecule has 0 aliphatic carbocycles. The topological polar surface area (TPSA) is 78.3 Å². The second kappa shape index (κ2) is 7.67. The minimum atomic E-state index is -0.140. The first-order valence-corrected chi connectivity index (χ1v) is 9.35. The summed E-state index contributed by atoms with van der Waals surface area (Å²) in [6.45, 7) is 1.99. The van der Waals surface area contributed by atoms with Crippen molar-refractivity contribution in [2.24, 2.45) is 5.92 Å². The summed E-state index contributed by atoms with van der Waals surface area (Å²) in [6, 6.07) is 13.8. The molecule has 1 amide bonds. The lowest BCUT2D eigenvalue weighted by Crippen LogP contribution is -2.48. The van der Waals surface area contributed by atoms with E-state index in [2.05, 4.69) is 21.3 Å². The third-order valence-corrected chi connectivity index (χ3v) is 5.30. The number of anilines is 1. The van der Waals surface area contributed by atoms with Crippen molar-refractivity contribution in [1.82, 2.24) is 10.3 Å². The van der Waals surface area contributed by atoms with Crippen molar-refractivity contribution in [3.8, 4) is 11.8 Å². The average molecular weight is 362 g/mol. The van der Waals surface area contributed by atoms with Crippen molar-refractivity contribution in [3.05, 3.63) is 53.7 Å². The predicted octanol–water partition coefficient (Wildman–Crippen LogP) is 2.29. The fourth-order valence-corrected chi connectivity index (χ4v) is 3.79. The highest BCUT2D eigenvalue weighted by Gasteiger charge is 2.29. The molecular formula is C21H22N4O2. The number of nitriles is 1. The van der Waals surface area contributed by atoms with Gasteiger partial charge in [-0.2, -0.15) is 5.26 Å². The second-order valence-electron chi connectivity index (χ2n) is 7.08. The number of piperidine rings is 1. The zero-order chi connectivity index (χ0) is 18.6. The Morgan fingerprint density at radius 1 is 1.22 bits per heavy atom. The number of fused-ring (bicyclic) bond motifs is 1. The molecule has 6 heteroatoms. The van der Waals surface area contributed by atoms with Crippen LogP contribution in [-0.2, 0) is 11.2 Å². The Morgan fingerprint density at radius 2 is 2.04 bits per heavy atom. The molecule has 2 aliphatic rings. The Labute approximate surface area is 158 Å². The highest BCUT2D eigenvalue weighted by Crippen LogP contribution is 2.27. The minimum Gasteiger partial charge on any atom is -0.492 e. The molecule has 3 heterocycles. The Balaban J connectivity index is 1.32. The molecule has 0 bridgehead atoms. The van der Waals surface area contributed by atoms with E-state index in [4.69, 9.17) is 4.74 Å². The van der Waals surface area contributed by atoms with Gasteiger partial charge >= 0.3 is 0 Å². The fourth-order valence-electron chi connectivity index (χ4n) is 3.79. The van der Waals surface area contributed by atoms with Crippen LogP contribution < -0.4 is 15.0 Å². The smallest absolute Gasteiger partial charge is 0.227 e. The monoisotopic (exact) mass is 362 g/mol. The summed E-state index contributed by atoms with van der Waals surface area (Å²) in [5.74, 6) is 1.55. The van der Waals surface area contributed by atoms with Crippen LogP contribution >= 0.6 is 0 Å². The van der Waals surface area contributed by atoms with Gasteiger partial charge in [-0.15, -0.1) is 0 Å². The van der Waals surface area contributed by atoms with Crippen LogP contribution in [0.15, 0.2) is 42.6 Å². The minimum absolute atomic E-state index is 0.0681. The zero-order valence-electron chi connectivity index (χ0n) is 15.1. The Morgan fingerprint density at radius 3 is 2.85 bits per heavy atom. The van der Waals surface area contributed by atoms with Crippen LogP contribution in [0.4, 0.5) is 5.82 Å². The summed E-state index contributed by atoms with van der Waals surface area (Å²) >= 11 is 0. The van der Waals surface area contributed by atoms with E-state index in [0.717, 1.165) is 49.5 Å². The molecule has 0 radical (unpaired) electrons. The lowest BCUT2D eigenvalue weighted by molar-refractivity contribution is -0.127. The Hall–Kier alpha value is -3.07. The summed E-state index contributed by atoms with van der Waals surface area (Å²) in [7, 11) is 0. The maximum Gasteiger partial charge on any atom is 0.227 e. The van der Waals surface area contributed by atoms with Gasteiger partial charge in [0.2, 0.25) is 5.91 Å². The van der Waals surface area contributed by atoms with Gasteiger partial charge in [0.1, 0.15) is 24.2 Å². The van der Waals surface area contributed by atoms with Gasteiger partial charge in [-0.05, 0) is 43.0 Å².